The number of rotatable bonds is 6. The molecule has 1 aromatic carbocycles. The van der Waals surface area contributed by atoms with Crippen LogP contribution in [-0.2, 0) is 9.59 Å². The van der Waals surface area contributed by atoms with Crippen LogP contribution in [0.2, 0.25) is 0 Å². The summed E-state index contributed by atoms with van der Waals surface area (Å²) in [6.07, 6.45) is 1.40. The number of carboxylic acids is 1. The number of aliphatic carboxylic acids is 1. The molecule has 0 radical (unpaired) electrons. The first-order chi connectivity index (χ1) is 9.38. The van der Waals surface area contributed by atoms with Gasteiger partial charge in [0.2, 0.25) is 5.91 Å². The molecule has 0 heterocycles. The van der Waals surface area contributed by atoms with Crippen molar-refractivity contribution in [1.82, 2.24) is 5.32 Å². The fourth-order valence-corrected chi connectivity index (χ4v) is 1.43. The summed E-state index contributed by atoms with van der Waals surface area (Å²) >= 11 is 0. The number of amides is 1. The van der Waals surface area contributed by atoms with E-state index in [1.165, 1.54) is 13.0 Å². The monoisotopic (exact) mass is 277 g/mol. The molecule has 0 aliphatic carbocycles. The van der Waals surface area contributed by atoms with E-state index in [0.717, 1.165) is 5.75 Å². The minimum Gasteiger partial charge on any atom is -0.493 e. The third kappa shape index (κ3) is 5.56. The number of ether oxygens (including phenoxy) is 1. The normalized spacial score (nSPS) is 11.3. The maximum absolute atomic E-state index is 11.0. The minimum atomic E-state index is -1.18. The van der Waals surface area contributed by atoms with Crippen molar-refractivity contribution in [2.45, 2.75) is 20.8 Å². The SMILES string of the molecule is CC(=O)N/C(=C\c1ccc(OCC(C)C)cc1)C(=O)O. The lowest BCUT2D eigenvalue weighted by molar-refractivity contribution is -0.134. The molecule has 0 fully saturated rings. The Morgan fingerprint density at radius 3 is 2.35 bits per heavy atom. The van der Waals surface area contributed by atoms with E-state index in [1.807, 2.05) is 0 Å². The molecule has 0 bridgehead atoms. The van der Waals surface area contributed by atoms with Gasteiger partial charge in [0.15, 0.2) is 0 Å². The highest BCUT2D eigenvalue weighted by Gasteiger charge is 2.08. The van der Waals surface area contributed by atoms with Gasteiger partial charge in [-0.1, -0.05) is 26.0 Å². The fourth-order valence-electron chi connectivity index (χ4n) is 1.43. The van der Waals surface area contributed by atoms with E-state index in [2.05, 4.69) is 19.2 Å². The lowest BCUT2D eigenvalue weighted by Crippen LogP contribution is -2.24. The lowest BCUT2D eigenvalue weighted by Gasteiger charge is -2.08. The van der Waals surface area contributed by atoms with Crippen molar-refractivity contribution in [2.75, 3.05) is 6.61 Å². The molecule has 0 saturated carbocycles. The van der Waals surface area contributed by atoms with E-state index < -0.39 is 11.9 Å². The molecule has 5 heteroatoms. The smallest absolute Gasteiger partial charge is 0.352 e. The highest BCUT2D eigenvalue weighted by molar-refractivity contribution is 5.96. The second-order valence-electron chi connectivity index (χ2n) is 4.82. The summed E-state index contributed by atoms with van der Waals surface area (Å²) in [5, 5.41) is 11.2. The van der Waals surface area contributed by atoms with Crippen molar-refractivity contribution >= 4 is 18.0 Å². The molecule has 108 valence electrons. The van der Waals surface area contributed by atoms with Crippen molar-refractivity contribution in [3.8, 4) is 5.75 Å². The molecule has 2 N–H and O–H groups in total. The lowest BCUT2D eigenvalue weighted by atomic mass is 10.2. The number of benzene rings is 1. The zero-order valence-corrected chi connectivity index (χ0v) is 11.8. The number of carbonyl (C=O) groups is 2. The van der Waals surface area contributed by atoms with Gasteiger partial charge in [0.05, 0.1) is 6.61 Å². The van der Waals surface area contributed by atoms with Gasteiger partial charge in [-0.3, -0.25) is 4.79 Å². The average molecular weight is 277 g/mol. The van der Waals surface area contributed by atoms with Crippen LogP contribution in [0.5, 0.6) is 5.75 Å². The van der Waals surface area contributed by atoms with Crippen molar-refractivity contribution < 1.29 is 19.4 Å². The molecule has 1 rings (SSSR count). The van der Waals surface area contributed by atoms with Gasteiger partial charge >= 0.3 is 5.97 Å². The van der Waals surface area contributed by atoms with Crippen molar-refractivity contribution in [3.05, 3.63) is 35.5 Å². The topological polar surface area (TPSA) is 75.6 Å². The van der Waals surface area contributed by atoms with E-state index in [0.29, 0.717) is 18.1 Å². The number of hydrogen-bond acceptors (Lipinski definition) is 3. The van der Waals surface area contributed by atoms with Gasteiger partial charge < -0.3 is 15.2 Å². The highest BCUT2D eigenvalue weighted by Crippen LogP contribution is 2.15. The quantitative estimate of drug-likeness (QED) is 0.782. The molecule has 0 saturated heterocycles. The molecular formula is C15H19NO4. The van der Waals surface area contributed by atoms with Crippen LogP contribution in [0, 0.1) is 5.92 Å². The molecule has 1 aromatic rings. The fraction of sp³-hybridized carbons (Fsp3) is 0.333. The molecule has 0 atom stereocenters. The Bertz CT molecular complexity index is 503. The summed E-state index contributed by atoms with van der Waals surface area (Å²) in [5.74, 6) is -0.434. The van der Waals surface area contributed by atoms with Crippen LogP contribution in [0.15, 0.2) is 30.0 Å². The number of carbonyl (C=O) groups excluding carboxylic acids is 1. The third-order valence-electron chi connectivity index (χ3n) is 2.32. The van der Waals surface area contributed by atoms with Crippen LogP contribution in [0.25, 0.3) is 6.08 Å². The van der Waals surface area contributed by atoms with Gasteiger partial charge in [-0.05, 0) is 29.7 Å². The Hall–Kier alpha value is -2.30. The summed E-state index contributed by atoms with van der Waals surface area (Å²) < 4.78 is 5.53. The van der Waals surface area contributed by atoms with Crippen molar-refractivity contribution in [2.24, 2.45) is 5.92 Å². The van der Waals surface area contributed by atoms with Gasteiger partial charge in [-0.25, -0.2) is 4.79 Å². The van der Waals surface area contributed by atoms with Crippen LogP contribution in [0.4, 0.5) is 0 Å². The predicted octanol–water partition coefficient (Wildman–Crippen LogP) is 2.28. The summed E-state index contributed by atoms with van der Waals surface area (Å²) in [7, 11) is 0. The number of nitrogens with one attached hydrogen (secondary N) is 1. The van der Waals surface area contributed by atoms with Crippen molar-refractivity contribution in [3.63, 3.8) is 0 Å². The number of carboxylic acid groups (broad SMARTS) is 1. The van der Waals surface area contributed by atoms with Gasteiger partial charge in [-0.15, -0.1) is 0 Å². The van der Waals surface area contributed by atoms with Crippen molar-refractivity contribution in [1.29, 1.82) is 0 Å². The zero-order chi connectivity index (χ0) is 15.1. The Balaban J connectivity index is 2.80. The standard InChI is InChI=1S/C15H19NO4/c1-10(2)9-20-13-6-4-12(5-7-13)8-14(15(18)19)16-11(3)17/h4-8,10H,9H2,1-3H3,(H,16,17)(H,18,19)/b14-8-. The summed E-state index contributed by atoms with van der Waals surface area (Å²) in [6.45, 7) is 6.01. The molecule has 0 spiro atoms. The molecule has 0 aromatic heterocycles. The first-order valence-electron chi connectivity index (χ1n) is 6.34. The third-order valence-corrected chi connectivity index (χ3v) is 2.32. The molecule has 0 aliphatic rings. The summed E-state index contributed by atoms with van der Waals surface area (Å²) in [5.41, 5.74) is 0.515. The molecular weight excluding hydrogens is 258 g/mol. The maximum Gasteiger partial charge on any atom is 0.352 e. The second kappa shape index (κ2) is 7.33. The minimum absolute atomic E-state index is 0.159. The molecule has 20 heavy (non-hydrogen) atoms. The Labute approximate surface area is 118 Å². The zero-order valence-electron chi connectivity index (χ0n) is 11.8. The molecule has 5 nitrogen and oxygen atoms in total. The molecule has 0 unspecified atom stereocenters. The number of hydrogen-bond donors (Lipinski definition) is 2. The maximum atomic E-state index is 11.0. The van der Waals surface area contributed by atoms with E-state index in [1.54, 1.807) is 24.3 Å². The van der Waals surface area contributed by atoms with Crippen LogP contribution in [-0.4, -0.2) is 23.6 Å². The Morgan fingerprint density at radius 1 is 1.30 bits per heavy atom. The van der Waals surface area contributed by atoms with Crippen LogP contribution in [0.3, 0.4) is 0 Å². The van der Waals surface area contributed by atoms with Gasteiger partial charge in [0, 0.05) is 6.92 Å². The van der Waals surface area contributed by atoms with Gasteiger partial charge in [0.25, 0.3) is 0 Å². The Kier molecular flexibility index (Phi) is 5.77. The predicted molar refractivity (Wildman–Crippen MR) is 76.2 cm³/mol. The van der Waals surface area contributed by atoms with Gasteiger partial charge in [-0.2, -0.15) is 0 Å². The van der Waals surface area contributed by atoms with E-state index in [-0.39, 0.29) is 5.70 Å². The molecule has 1 amide bonds. The van der Waals surface area contributed by atoms with E-state index in [9.17, 15) is 9.59 Å². The van der Waals surface area contributed by atoms with Crippen LogP contribution < -0.4 is 10.1 Å². The molecule has 0 aliphatic heterocycles. The highest BCUT2D eigenvalue weighted by atomic mass is 16.5. The average Bonchev–Trinajstić information content (AvgIpc) is 2.36. The summed E-state index contributed by atoms with van der Waals surface area (Å²) in [6, 6.07) is 7.00. The van der Waals surface area contributed by atoms with Crippen LogP contribution >= 0.6 is 0 Å². The van der Waals surface area contributed by atoms with Gasteiger partial charge in [0.1, 0.15) is 11.4 Å². The van der Waals surface area contributed by atoms with Crippen LogP contribution in [0.1, 0.15) is 26.3 Å². The summed E-state index contributed by atoms with van der Waals surface area (Å²) in [4.78, 5) is 21.9. The largest absolute Gasteiger partial charge is 0.493 e. The first-order valence-corrected chi connectivity index (χ1v) is 6.34. The second-order valence-corrected chi connectivity index (χ2v) is 4.82. The van der Waals surface area contributed by atoms with E-state index >= 15 is 0 Å². The first kappa shape index (κ1) is 15.8. The van der Waals surface area contributed by atoms with E-state index in [4.69, 9.17) is 9.84 Å². The Morgan fingerprint density at radius 2 is 1.90 bits per heavy atom.